The molecule has 0 radical (unpaired) electrons. The van der Waals surface area contributed by atoms with Crippen molar-refractivity contribution in [2.24, 2.45) is 0 Å². The molecule has 1 aliphatic carbocycles. The zero-order chi connectivity index (χ0) is 22.6. The molecule has 0 N–H and O–H groups in total. The Kier molecular flexibility index (Phi) is 6.44. The number of piperazine rings is 1. The summed E-state index contributed by atoms with van der Waals surface area (Å²) < 4.78 is 13.1. The molecule has 5 rings (SSSR count). The summed E-state index contributed by atoms with van der Waals surface area (Å²) in [5.41, 5.74) is 2.34. The molecular weight excluding hydrogens is 416 g/mol. The molecule has 0 spiro atoms. The average Bonchev–Trinajstić information content (AvgIpc) is 3.57. The maximum Gasteiger partial charge on any atom is 0.173 e. The van der Waals surface area contributed by atoms with Crippen molar-refractivity contribution in [2.75, 3.05) is 45.3 Å². The van der Waals surface area contributed by atoms with Crippen LogP contribution in [0.15, 0.2) is 48.5 Å². The molecule has 1 saturated carbocycles. The lowest BCUT2D eigenvalue weighted by atomic mass is 10.0. The normalized spacial score (nSPS) is 18.4. The van der Waals surface area contributed by atoms with Crippen molar-refractivity contribution in [1.29, 1.82) is 0 Å². The number of nitrogens with zero attached hydrogens (tertiary/aromatic N) is 6. The Bertz CT molecular complexity index is 1040. The van der Waals surface area contributed by atoms with Crippen LogP contribution in [0.4, 0.5) is 5.69 Å². The fraction of sp³-hybridized carbons (Fsp3) is 0.480. The standard InChI is InChI=1S/C25H32N6O2/c1-32-21-13-11-19(12-14-21)24(25-26-27-28-31(25)20-7-3-4-8-20)30-17-15-29(16-18-30)22-9-5-6-10-23(22)33-2/h5-6,9-14,20,24H,3-4,7-8,15-18H2,1-2H3. The minimum absolute atomic E-state index is 0.00586. The molecule has 1 atom stereocenters. The van der Waals surface area contributed by atoms with Gasteiger partial charge in [-0.25, -0.2) is 4.68 Å². The molecule has 8 nitrogen and oxygen atoms in total. The number of benzene rings is 2. The van der Waals surface area contributed by atoms with Gasteiger partial charge in [-0.15, -0.1) is 5.10 Å². The molecule has 8 heteroatoms. The van der Waals surface area contributed by atoms with Crippen molar-refractivity contribution in [1.82, 2.24) is 25.1 Å². The predicted octanol–water partition coefficient (Wildman–Crippen LogP) is 3.72. The van der Waals surface area contributed by atoms with Gasteiger partial charge in [-0.1, -0.05) is 37.1 Å². The number of hydrogen-bond donors (Lipinski definition) is 0. The van der Waals surface area contributed by atoms with Gasteiger partial charge < -0.3 is 14.4 Å². The van der Waals surface area contributed by atoms with Crippen molar-refractivity contribution in [3.63, 3.8) is 0 Å². The van der Waals surface area contributed by atoms with E-state index >= 15 is 0 Å². The summed E-state index contributed by atoms with van der Waals surface area (Å²) in [7, 11) is 3.43. The molecule has 1 aromatic heterocycles. The number of aromatic nitrogens is 4. The van der Waals surface area contributed by atoms with E-state index in [1.807, 2.05) is 24.3 Å². The van der Waals surface area contributed by atoms with E-state index < -0.39 is 0 Å². The second kappa shape index (κ2) is 9.79. The van der Waals surface area contributed by atoms with E-state index in [-0.39, 0.29) is 6.04 Å². The Morgan fingerprint density at radius 3 is 2.30 bits per heavy atom. The number of para-hydroxylation sites is 2. The van der Waals surface area contributed by atoms with Crippen LogP contribution < -0.4 is 14.4 Å². The van der Waals surface area contributed by atoms with E-state index in [2.05, 4.69) is 54.3 Å². The second-order valence-electron chi connectivity index (χ2n) is 8.79. The molecule has 33 heavy (non-hydrogen) atoms. The lowest BCUT2D eigenvalue weighted by Gasteiger charge is -2.40. The number of anilines is 1. The van der Waals surface area contributed by atoms with Crippen LogP contribution in [0.2, 0.25) is 0 Å². The number of hydrogen-bond acceptors (Lipinski definition) is 7. The van der Waals surface area contributed by atoms with Crippen LogP contribution >= 0.6 is 0 Å². The van der Waals surface area contributed by atoms with Crippen molar-refractivity contribution < 1.29 is 9.47 Å². The number of methoxy groups -OCH3 is 2. The summed E-state index contributed by atoms with van der Waals surface area (Å²) in [6, 6.07) is 17.0. The van der Waals surface area contributed by atoms with Crippen LogP contribution in [0.25, 0.3) is 0 Å². The van der Waals surface area contributed by atoms with Gasteiger partial charge in [0.25, 0.3) is 0 Å². The highest BCUT2D eigenvalue weighted by Gasteiger charge is 2.33. The third-order valence-corrected chi connectivity index (χ3v) is 6.97. The second-order valence-corrected chi connectivity index (χ2v) is 8.79. The first-order valence-corrected chi connectivity index (χ1v) is 11.8. The number of ether oxygens (including phenoxy) is 2. The topological polar surface area (TPSA) is 68.5 Å². The zero-order valence-electron chi connectivity index (χ0n) is 19.4. The minimum atomic E-state index is 0.00586. The van der Waals surface area contributed by atoms with E-state index in [0.29, 0.717) is 6.04 Å². The summed E-state index contributed by atoms with van der Waals surface area (Å²) in [4.78, 5) is 4.91. The highest BCUT2D eigenvalue weighted by molar-refractivity contribution is 5.58. The van der Waals surface area contributed by atoms with Gasteiger partial charge in [-0.05, 0) is 53.1 Å². The van der Waals surface area contributed by atoms with Gasteiger partial charge in [-0.3, -0.25) is 4.90 Å². The SMILES string of the molecule is COc1ccc(C(c2nnnn2C2CCCC2)N2CCN(c3ccccc3OC)CC2)cc1. The molecule has 2 fully saturated rings. The first-order chi connectivity index (χ1) is 16.3. The minimum Gasteiger partial charge on any atom is -0.497 e. The Balaban J connectivity index is 1.43. The molecular formula is C25H32N6O2. The number of tetrazole rings is 1. The monoisotopic (exact) mass is 448 g/mol. The largest absolute Gasteiger partial charge is 0.497 e. The van der Waals surface area contributed by atoms with Gasteiger partial charge in [0.05, 0.1) is 32.0 Å². The van der Waals surface area contributed by atoms with Crippen LogP contribution in [-0.2, 0) is 0 Å². The van der Waals surface area contributed by atoms with E-state index in [9.17, 15) is 0 Å². The van der Waals surface area contributed by atoms with Crippen molar-refractivity contribution in [3.8, 4) is 11.5 Å². The number of rotatable bonds is 7. The lowest BCUT2D eigenvalue weighted by molar-refractivity contribution is 0.197. The Labute approximate surface area is 195 Å². The lowest BCUT2D eigenvalue weighted by Crippen LogP contribution is -2.48. The van der Waals surface area contributed by atoms with E-state index in [0.717, 1.165) is 62.0 Å². The first kappa shape index (κ1) is 21.7. The Morgan fingerprint density at radius 1 is 0.879 bits per heavy atom. The molecule has 0 bridgehead atoms. The first-order valence-electron chi connectivity index (χ1n) is 11.8. The Morgan fingerprint density at radius 2 is 1.61 bits per heavy atom. The molecule has 0 amide bonds. The van der Waals surface area contributed by atoms with E-state index in [1.165, 1.54) is 18.4 Å². The third-order valence-electron chi connectivity index (χ3n) is 6.97. The molecule has 174 valence electrons. The molecule has 2 heterocycles. The fourth-order valence-electron chi connectivity index (χ4n) is 5.21. The maximum atomic E-state index is 5.60. The van der Waals surface area contributed by atoms with Gasteiger partial charge in [0.1, 0.15) is 11.5 Å². The van der Waals surface area contributed by atoms with Crippen molar-refractivity contribution in [2.45, 2.75) is 37.8 Å². The van der Waals surface area contributed by atoms with Gasteiger partial charge in [0, 0.05) is 26.2 Å². The van der Waals surface area contributed by atoms with Crippen LogP contribution in [0.5, 0.6) is 11.5 Å². The molecule has 2 aromatic carbocycles. The molecule has 3 aromatic rings. The Hall–Kier alpha value is -3.13. The van der Waals surface area contributed by atoms with Gasteiger partial charge in [-0.2, -0.15) is 0 Å². The summed E-state index contributed by atoms with van der Waals surface area (Å²) in [6.07, 6.45) is 4.79. The van der Waals surface area contributed by atoms with Crippen LogP contribution in [0, 0.1) is 0 Å². The van der Waals surface area contributed by atoms with Crippen molar-refractivity contribution in [3.05, 3.63) is 59.9 Å². The van der Waals surface area contributed by atoms with E-state index in [1.54, 1.807) is 14.2 Å². The molecule has 1 unspecified atom stereocenters. The maximum absolute atomic E-state index is 5.60. The summed E-state index contributed by atoms with van der Waals surface area (Å²) >= 11 is 0. The van der Waals surface area contributed by atoms with Crippen LogP contribution in [0.3, 0.4) is 0 Å². The van der Waals surface area contributed by atoms with Crippen LogP contribution in [0.1, 0.15) is 49.2 Å². The highest BCUT2D eigenvalue weighted by atomic mass is 16.5. The summed E-state index contributed by atoms with van der Waals surface area (Å²) in [5, 5.41) is 13.1. The fourth-order valence-corrected chi connectivity index (χ4v) is 5.21. The smallest absolute Gasteiger partial charge is 0.173 e. The summed E-state index contributed by atoms with van der Waals surface area (Å²) in [5.74, 6) is 2.72. The molecule has 1 saturated heterocycles. The predicted molar refractivity (Wildman–Crippen MR) is 127 cm³/mol. The average molecular weight is 449 g/mol. The van der Waals surface area contributed by atoms with Crippen molar-refractivity contribution >= 4 is 5.69 Å². The van der Waals surface area contributed by atoms with E-state index in [4.69, 9.17) is 9.47 Å². The summed E-state index contributed by atoms with van der Waals surface area (Å²) in [6.45, 7) is 3.65. The van der Waals surface area contributed by atoms with Gasteiger partial charge in [0.15, 0.2) is 5.82 Å². The molecule has 1 aliphatic heterocycles. The highest BCUT2D eigenvalue weighted by Crippen LogP contribution is 2.36. The molecule has 2 aliphatic rings. The van der Waals surface area contributed by atoms with Gasteiger partial charge in [0.2, 0.25) is 0 Å². The van der Waals surface area contributed by atoms with Crippen LogP contribution in [-0.4, -0.2) is 65.5 Å². The zero-order valence-corrected chi connectivity index (χ0v) is 19.4. The van der Waals surface area contributed by atoms with Gasteiger partial charge >= 0.3 is 0 Å². The third kappa shape index (κ3) is 4.39. The quantitative estimate of drug-likeness (QED) is 0.546.